The van der Waals surface area contributed by atoms with Crippen LogP contribution < -0.4 is 10.5 Å². The van der Waals surface area contributed by atoms with E-state index in [1.807, 2.05) is 31.2 Å². The number of nitrogens with two attached hydrogens (primary N) is 1. The molecule has 0 amide bonds. The third kappa shape index (κ3) is 2.59. The van der Waals surface area contributed by atoms with Crippen molar-refractivity contribution in [2.75, 3.05) is 12.8 Å². The van der Waals surface area contributed by atoms with E-state index in [0.717, 1.165) is 23.4 Å². The lowest BCUT2D eigenvalue weighted by molar-refractivity contribution is 0.414. The highest BCUT2D eigenvalue weighted by Crippen LogP contribution is 2.21. The van der Waals surface area contributed by atoms with Crippen LogP contribution in [0.15, 0.2) is 42.5 Å². The number of aryl methyl sites for hydroxylation is 1. The minimum absolute atomic E-state index is 0.859. The number of methoxy groups -OCH3 is 1. The summed E-state index contributed by atoms with van der Waals surface area (Å²) in [4.78, 5) is 0. The second kappa shape index (κ2) is 4.91. The fourth-order valence-corrected chi connectivity index (χ4v) is 1.86. The predicted molar refractivity (Wildman–Crippen MR) is 71.4 cm³/mol. The molecule has 17 heavy (non-hydrogen) atoms. The lowest BCUT2D eigenvalue weighted by Crippen LogP contribution is -1.98. The van der Waals surface area contributed by atoms with Crippen molar-refractivity contribution < 1.29 is 4.74 Å². The third-order valence-corrected chi connectivity index (χ3v) is 2.97. The maximum atomic E-state index is 6.06. The number of para-hydroxylation sites is 1. The van der Waals surface area contributed by atoms with Gasteiger partial charge in [0.15, 0.2) is 0 Å². The van der Waals surface area contributed by atoms with E-state index in [0.29, 0.717) is 0 Å². The minimum Gasteiger partial charge on any atom is -0.497 e. The van der Waals surface area contributed by atoms with Crippen molar-refractivity contribution in [1.82, 2.24) is 0 Å². The van der Waals surface area contributed by atoms with Crippen LogP contribution in [0.1, 0.15) is 16.7 Å². The molecule has 0 aliphatic heterocycles. The van der Waals surface area contributed by atoms with Gasteiger partial charge in [0.05, 0.1) is 7.11 Å². The van der Waals surface area contributed by atoms with Crippen molar-refractivity contribution in [2.24, 2.45) is 0 Å². The second-order valence-corrected chi connectivity index (χ2v) is 4.17. The minimum atomic E-state index is 0.859. The molecular weight excluding hydrogens is 210 g/mol. The monoisotopic (exact) mass is 227 g/mol. The molecule has 0 fully saturated rings. The summed E-state index contributed by atoms with van der Waals surface area (Å²) >= 11 is 0. The van der Waals surface area contributed by atoms with Gasteiger partial charge < -0.3 is 10.5 Å². The van der Waals surface area contributed by atoms with Gasteiger partial charge in [-0.3, -0.25) is 0 Å². The molecule has 2 nitrogen and oxygen atoms in total. The van der Waals surface area contributed by atoms with Crippen molar-refractivity contribution >= 4 is 5.69 Å². The van der Waals surface area contributed by atoms with Gasteiger partial charge in [-0.1, -0.05) is 30.3 Å². The van der Waals surface area contributed by atoms with Gasteiger partial charge in [-0.15, -0.1) is 0 Å². The van der Waals surface area contributed by atoms with Gasteiger partial charge in [0.2, 0.25) is 0 Å². The number of hydrogen-bond acceptors (Lipinski definition) is 2. The summed E-state index contributed by atoms with van der Waals surface area (Å²) < 4.78 is 5.14. The Morgan fingerprint density at radius 3 is 2.41 bits per heavy atom. The van der Waals surface area contributed by atoms with Crippen molar-refractivity contribution in [3.63, 3.8) is 0 Å². The molecule has 0 radical (unpaired) electrons. The lowest BCUT2D eigenvalue weighted by Gasteiger charge is -2.08. The van der Waals surface area contributed by atoms with Crippen molar-refractivity contribution in [3.8, 4) is 5.75 Å². The van der Waals surface area contributed by atoms with Crippen LogP contribution in [-0.2, 0) is 6.42 Å². The molecule has 0 aliphatic rings. The van der Waals surface area contributed by atoms with Crippen LogP contribution in [0.4, 0.5) is 5.69 Å². The Hall–Kier alpha value is -1.96. The molecular formula is C15H17NO. The van der Waals surface area contributed by atoms with E-state index in [9.17, 15) is 0 Å². The molecule has 2 aromatic carbocycles. The zero-order chi connectivity index (χ0) is 12.3. The Balaban J connectivity index is 2.22. The first-order valence-corrected chi connectivity index (χ1v) is 5.67. The molecule has 0 saturated heterocycles. The predicted octanol–water partition coefficient (Wildman–Crippen LogP) is 3.18. The van der Waals surface area contributed by atoms with Gasteiger partial charge in [0, 0.05) is 5.69 Å². The van der Waals surface area contributed by atoms with Crippen LogP contribution in [0, 0.1) is 6.92 Å². The summed E-state index contributed by atoms with van der Waals surface area (Å²) in [7, 11) is 1.67. The summed E-state index contributed by atoms with van der Waals surface area (Å²) in [5, 5.41) is 0. The molecule has 2 rings (SSSR count). The van der Waals surface area contributed by atoms with E-state index in [4.69, 9.17) is 10.5 Å². The molecule has 0 spiro atoms. The normalized spacial score (nSPS) is 10.2. The van der Waals surface area contributed by atoms with Crippen LogP contribution in [0.5, 0.6) is 5.75 Å². The molecule has 2 N–H and O–H groups in total. The third-order valence-electron chi connectivity index (χ3n) is 2.97. The first-order valence-electron chi connectivity index (χ1n) is 5.67. The Bertz CT molecular complexity index is 503. The summed E-state index contributed by atoms with van der Waals surface area (Å²) in [6.07, 6.45) is 0.859. The second-order valence-electron chi connectivity index (χ2n) is 4.17. The topological polar surface area (TPSA) is 35.2 Å². The Kier molecular flexibility index (Phi) is 3.33. The van der Waals surface area contributed by atoms with Gasteiger partial charge in [0.1, 0.15) is 5.75 Å². The molecule has 0 saturated carbocycles. The van der Waals surface area contributed by atoms with Crippen LogP contribution in [0.3, 0.4) is 0 Å². The summed E-state index contributed by atoms with van der Waals surface area (Å²) in [5.74, 6) is 0.881. The highest BCUT2D eigenvalue weighted by molar-refractivity contribution is 5.54. The molecule has 88 valence electrons. The first-order chi connectivity index (χ1) is 8.20. The van der Waals surface area contributed by atoms with E-state index in [2.05, 4.69) is 18.2 Å². The van der Waals surface area contributed by atoms with Crippen LogP contribution in [0.2, 0.25) is 0 Å². The number of anilines is 1. The van der Waals surface area contributed by atoms with Gasteiger partial charge in [-0.25, -0.2) is 0 Å². The van der Waals surface area contributed by atoms with Gasteiger partial charge >= 0.3 is 0 Å². The number of ether oxygens (including phenoxy) is 1. The zero-order valence-corrected chi connectivity index (χ0v) is 10.2. The average Bonchev–Trinajstić information content (AvgIpc) is 2.36. The Morgan fingerprint density at radius 2 is 1.76 bits per heavy atom. The fraction of sp³-hybridized carbons (Fsp3) is 0.200. The largest absolute Gasteiger partial charge is 0.497 e. The zero-order valence-electron chi connectivity index (χ0n) is 10.2. The van der Waals surface area contributed by atoms with Crippen molar-refractivity contribution in [3.05, 3.63) is 59.2 Å². The highest BCUT2D eigenvalue weighted by Gasteiger charge is 2.03. The smallest absolute Gasteiger partial charge is 0.118 e. The molecule has 0 atom stereocenters. The number of rotatable bonds is 3. The van der Waals surface area contributed by atoms with E-state index in [1.54, 1.807) is 7.11 Å². The van der Waals surface area contributed by atoms with E-state index in [1.165, 1.54) is 11.1 Å². The van der Waals surface area contributed by atoms with E-state index < -0.39 is 0 Å². The first kappa shape index (κ1) is 11.5. The molecule has 2 aromatic rings. The summed E-state index contributed by atoms with van der Waals surface area (Å²) in [5.41, 5.74) is 10.5. The van der Waals surface area contributed by atoms with Crippen molar-refractivity contribution in [1.29, 1.82) is 0 Å². The van der Waals surface area contributed by atoms with E-state index in [-0.39, 0.29) is 0 Å². The number of hydrogen-bond donors (Lipinski definition) is 1. The van der Waals surface area contributed by atoms with Crippen LogP contribution in [0.25, 0.3) is 0 Å². The lowest BCUT2D eigenvalue weighted by atomic mass is 10.0. The van der Waals surface area contributed by atoms with Crippen LogP contribution in [-0.4, -0.2) is 7.11 Å². The molecule has 0 unspecified atom stereocenters. The van der Waals surface area contributed by atoms with Gasteiger partial charge in [-0.05, 0) is 42.2 Å². The Morgan fingerprint density at radius 1 is 1.06 bits per heavy atom. The standard InChI is InChI=1S/C15H17NO/c1-11-4-3-5-13(15(11)16)10-12-6-8-14(17-2)9-7-12/h3-9H,10,16H2,1-2H3. The van der Waals surface area contributed by atoms with Gasteiger partial charge in [0.25, 0.3) is 0 Å². The summed E-state index contributed by atoms with van der Waals surface area (Å²) in [6.45, 7) is 2.03. The fourth-order valence-electron chi connectivity index (χ4n) is 1.86. The molecule has 2 heteroatoms. The molecule has 0 aromatic heterocycles. The maximum absolute atomic E-state index is 6.06. The van der Waals surface area contributed by atoms with Crippen LogP contribution >= 0.6 is 0 Å². The molecule has 0 aliphatic carbocycles. The molecule has 0 bridgehead atoms. The SMILES string of the molecule is COc1ccc(Cc2cccc(C)c2N)cc1. The quantitative estimate of drug-likeness (QED) is 0.817. The molecule has 0 heterocycles. The maximum Gasteiger partial charge on any atom is 0.118 e. The van der Waals surface area contributed by atoms with E-state index >= 15 is 0 Å². The van der Waals surface area contributed by atoms with Gasteiger partial charge in [-0.2, -0.15) is 0 Å². The number of nitrogen functional groups attached to an aromatic ring is 1. The Labute approximate surface area is 102 Å². The number of benzene rings is 2. The highest BCUT2D eigenvalue weighted by atomic mass is 16.5. The van der Waals surface area contributed by atoms with Crippen molar-refractivity contribution in [2.45, 2.75) is 13.3 Å². The average molecular weight is 227 g/mol. The summed E-state index contributed by atoms with van der Waals surface area (Å²) in [6, 6.07) is 14.2.